The fraction of sp³-hybridized carbons (Fsp3) is 0.143. The van der Waals surface area contributed by atoms with E-state index in [9.17, 15) is 24.5 Å². The predicted molar refractivity (Wildman–Crippen MR) is 98.3 cm³/mol. The van der Waals surface area contributed by atoms with Crippen LogP contribution in [0.15, 0.2) is 32.8 Å². The Balaban J connectivity index is 0.000000194. The second-order valence-electron chi connectivity index (χ2n) is 5.02. The molecule has 0 bridgehead atoms. The maximum absolute atomic E-state index is 11.4. The number of carboxylic acids is 2. The van der Waals surface area contributed by atoms with Crippen LogP contribution in [-0.2, 0) is 6.54 Å². The number of rotatable bonds is 3. The minimum atomic E-state index is -1.22. The van der Waals surface area contributed by atoms with Gasteiger partial charge in [0.2, 0.25) is 0 Å². The highest BCUT2D eigenvalue weighted by Gasteiger charge is 2.19. The summed E-state index contributed by atoms with van der Waals surface area (Å²) in [6, 6.07) is 2.11. The predicted octanol–water partition coefficient (Wildman–Crippen LogP) is 1.68. The van der Waals surface area contributed by atoms with Gasteiger partial charge in [-0.05, 0) is 22.0 Å². The number of benzene rings is 1. The van der Waals surface area contributed by atoms with Crippen LogP contribution >= 0.6 is 27.7 Å². The zero-order chi connectivity index (χ0) is 20.3. The van der Waals surface area contributed by atoms with Crippen LogP contribution in [0.2, 0.25) is 0 Å². The Bertz CT molecular complexity index is 968. The third kappa shape index (κ3) is 4.43. The van der Waals surface area contributed by atoms with E-state index in [1.807, 2.05) is 0 Å². The molecule has 0 fully saturated rings. The van der Waals surface area contributed by atoms with Crippen molar-refractivity contribution in [1.29, 1.82) is 0 Å². The Morgan fingerprint density at radius 3 is 2.48 bits per heavy atom. The van der Waals surface area contributed by atoms with Crippen LogP contribution in [0.4, 0.5) is 11.4 Å². The normalized spacial score (nSPS) is 11.9. The lowest BCUT2D eigenvalue weighted by Crippen LogP contribution is -2.26. The molecule has 3 rings (SSSR count). The second-order valence-corrected chi connectivity index (χ2v) is 6.93. The Morgan fingerprint density at radius 1 is 1.30 bits per heavy atom. The van der Waals surface area contributed by atoms with E-state index in [-0.39, 0.29) is 27.0 Å². The molecule has 11 nitrogen and oxygen atoms in total. The van der Waals surface area contributed by atoms with E-state index in [4.69, 9.17) is 15.9 Å². The van der Waals surface area contributed by atoms with Gasteiger partial charge in [0.05, 0.1) is 20.6 Å². The number of nitrogens with zero attached hydrogens (tertiary/aromatic N) is 3. The molecular weight excluding hydrogens is 448 g/mol. The van der Waals surface area contributed by atoms with Crippen molar-refractivity contribution < 1.29 is 24.7 Å². The van der Waals surface area contributed by atoms with Crippen LogP contribution < -0.4 is 11.3 Å². The number of thioether (sulfide) groups is 1. The maximum Gasteiger partial charge on any atom is 0.342 e. The first kappa shape index (κ1) is 20.4. The average Bonchev–Trinajstić information content (AvgIpc) is 3.06. The number of carbonyl (C=O) groups is 2. The van der Waals surface area contributed by atoms with E-state index in [0.29, 0.717) is 11.7 Å². The number of nitrogens with two attached hydrogens (primary N) is 1. The summed E-state index contributed by atoms with van der Waals surface area (Å²) in [5, 5.41) is 28.3. The molecular formula is C14H11BrN4O7S. The largest absolute Gasteiger partial charge is 0.478 e. The number of aromatic carboxylic acids is 2. The number of nitrogen functional groups attached to an aromatic ring is 1. The van der Waals surface area contributed by atoms with Crippen molar-refractivity contribution in [3.63, 3.8) is 0 Å². The molecule has 0 unspecified atom stereocenters. The van der Waals surface area contributed by atoms with Crippen molar-refractivity contribution in [3.05, 3.63) is 54.4 Å². The van der Waals surface area contributed by atoms with E-state index < -0.39 is 22.4 Å². The zero-order valence-electron chi connectivity index (χ0n) is 13.3. The maximum atomic E-state index is 11.4. The van der Waals surface area contributed by atoms with E-state index in [0.717, 1.165) is 24.1 Å². The molecule has 1 aromatic heterocycles. The Labute approximate surface area is 163 Å². The molecule has 2 heterocycles. The molecule has 2 aromatic rings. The second kappa shape index (κ2) is 8.18. The molecule has 27 heavy (non-hydrogen) atoms. The van der Waals surface area contributed by atoms with Crippen LogP contribution in [-0.4, -0.2) is 42.4 Å². The number of halogens is 1. The highest BCUT2D eigenvalue weighted by atomic mass is 79.9. The Hall–Kier alpha value is -2.93. The third-order valence-electron chi connectivity index (χ3n) is 3.33. The SMILES string of the molecule is Nc1cc([N+](=O)[O-])c(Br)cc1C(=O)O.O=C(O)c1cnc2n(c1=O)CCS2. The van der Waals surface area contributed by atoms with Gasteiger partial charge in [0.1, 0.15) is 5.56 Å². The molecule has 142 valence electrons. The first-order chi connectivity index (χ1) is 12.6. The van der Waals surface area contributed by atoms with E-state index in [1.165, 1.54) is 16.3 Å². The van der Waals surface area contributed by atoms with Gasteiger partial charge < -0.3 is 15.9 Å². The number of carboxylic acid groups (broad SMARTS) is 2. The van der Waals surface area contributed by atoms with Crippen molar-refractivity contribution >= 4 is 51.0 Å². The summed E-state index contributed by atoms with van der Waals surface area (Å²) < 4.78 is 1.49. The van der Waals surface area contributed by atoms with Crippen LogP contribution in [0.3, 0.4) is 0 Å². The van der Waals surface area contributed by atoms with Gasteiger partial charge in [-0.3, -0.25) is 19.5 Å². The lowest BCUT2D eigenvalue weighted by Gasteiger charge is -2.01. The van der Waals surface area contributed by atoms with Crippen molar-refractivity contribution in [2.45, 2.75) is 11.7 Å². The van der Waals surface area contributed by atoms with Crippen molar-refractivity contribution in [3.8, 4) is 0 Å². The van der Waals surface area contributed by atoms with Gasteiger partial charge in [0.15, 0.2) is 5.16 Å². The van der Waals surface area contributed by atoms with Gasteiger partial charge in [-0.1, -0.05) is 11.8 Å². The fourth-order valence-corrected chi connectivity index (χ4v) is 3.47. The van der Waals surface area contributed by atoms with Gasteiger partial charge >= 0.3 is 11.9 Å². The number of nitro benzene ring substituents is 1. The molecule has 0 radical (unpaired) electrons. The van der Waals surface area contributed by atoms with Crippen molar-refractivity contribution in [2.75, 3.05) is 11.5 Å². The first-order valence-electron chi connectivity index (χ1n) is 7.06. The lowest BCUT2D eigenvalue weighted by atomic mass is 10.1. The Kier molecular flexibility index (Phi) is 6.17. The van der Waals surface area contributed by atoms with Crippen LogP contribution in [0.25, 0.3) is 0 Å². The smallest absolute Gasteiger partial charge is 0.342 e. The summed E-state index contributed by atoms with van der Waals surface area (Å²) in [5.74, 6) is -1.66. The fourth-order valence-electron chi connectivity index (χ4n) is 2.07. The van der Waals surface area contributed by atoms with Crippen molar-refractivity contribution in [1.82, 2.24) is 9.55 Å². The molecule has 1 aliphatic heterocycles. The third-order valence-corrected chi connectivity index (χ3v) is 4.94. The quantitative estimate of drug-likeness (QED) is 0.265. The first-order valence-corrected chi connectivity index (χ1v) is 8.84. The molecule has 1 aliphatic rings. The Morgan fingerprint density at radius 2 is 1.93 bits per heavy atom. The minimum absolute atomic E-state index is 0.0918. The highest BCUT2D eigenvalue weighted by molar-refractivity contribution is 9.10. The molecule has 0 saturated carbocycles. The van der Waals surface area contributed by atoms with Gasteiger partial charge in [-0.2, -0.15) is 0 Å². The average molecular weight is 459 g/mol. The summed E-state index contributed by atoms with van der Waals surface area (Å²) >= 11 is 4.35. The number of anilines is 1. The van der Waals surface area contributed by atoms with Crippen LogP contribution in [0, 0.1) is 10.1 Å². The summed E-state index contributed by atoms with van der Waals surface area (Å²) in [6.45, 7) is 0.549. The topological polar surface area (TPSA) is 179 Å². The minimum Gasteiger partial charge on any atom is -0.478 e. The van der Waals surface area contributed by atoms with E-state index in [1.54, 1.807) is 0 Å². The molecule has 1 aromatic carbocycles. The number of hydrogen-bond donors (Lipinski definition) is 3. The molecule has 0 saturated heterocycles. The zero-order valence-corrected chi connectivity index (χ0v) is 15.7. The molecule has 0 aliphatic carbocycles. The summed E-state index contributed by atoms with van der Waals surface area (Å²) in [6.07, 6.45) is 1.12. The highest BCUT2D eigenvalue weighted by Crippen LogP contribution is 2.29. The molecule has 0 atom stereocenters. The van der Waals surface area contributed by atoms with E-state index in [2.05, 4.69) is 20.9 Å². The lowest BCUT2D eigenvalue weighted by molar-refractivity contribution is -0.385. The molecule has 0 spiro atoms. The van der Waals surface area contributed by atoms with Gasteiger partial charge in [0, 0.05) is 24.6 Å². The molecule has 4 N–H and O–H groups in total. The van der Waals surface area contributed by atoms with Gasteiger partial charge in [0.25, 0.3) is 11.2 Å². The van der Waals surface area contributed by atoms with Crippen LogP contribution in [0.1, 0.15) is 20.7 Å². The molecule has 0 amide bonds. The number of aromatic nitrogens is 2. The van der Waals surface area contributed by atoms with E-state index >= 15 is 0 Å². The molecule has 13 heteroatoms. The monoisotopic (exact) mass is 458 g/mol. The van der Waals surface area contributed by atoms with Crippen LogP contribution in [0.5, 0.6) is 0 Å². The summed E-state index contributed by atoms with van der Waals surface area (Å²) in [4.78, 5) is 46.2. The standard InChI is InChI=1S/C7H5BrN2O4.C7H6N2O3S/c8-4-1-3(7(11)12)5(9)2-6(4)10(13)14;10-5-4(6(11)12)3-8-7-9(5)1-2-13-7/h1-2H,9H2,(H,11,12);3H,1-2H2,(H,11,12). The number of hydrogen-bond acceptors (Lipinski definition) is 8. The van der Waals surface area contributed by atoms with Gasteiger partial charge in [-0.25, -0.2) is 14.6 Å². The summed E-state index contributed by atoms with van der Waals surface area (Å²) in [5.41, 5.74) is 4.06. The number of nitro groups is 1. The van der Waals surface area contributed by atoms with Gasteiger partial charge in [-0.15, -0.1) is 0 Å². The summed E-state index contributed by atoms with van der Waals surface area (Å²) in [7, 11) is 0. The van der Waals surface area contributed by atoms with Crippen molar-refractivity contribution in [2.24, 2.45) is 0 Å². The number of fused-ring (bicyclic) bond motifs is 1.